The van der Waals surface area contributed by atoms with Crippen LogP contribution in [0.4, 0.5) is 0 Å². The number of carboxylic acids is 1. The number of amides is 2. The molecule has 1 atom stereocenters. The highest BCUT2D eigenvalue weighted by Gasteiger charge is 2.39. The lowest BCUT2D eigenvalue weighted by atomic mass is 9.81. The standard InChI is InChI=1S/C16H20N2O4S/c19-14-13(12-2-1-9-23-12)18(8-7-17-14)15(20)10-3-5-11(6-4-10)16(21)22/h1-2,9-11,13H,3-8H2,(H,17,19)(H,21,22). The van der Waals surface area contributed by atoms with Crippen molar-refractivity contribution >= 4 is 29.1 Å². The van der Waals surface area contributed by atoms with Gasteiger partial charge in [0.05, 0.1) is 5.92 Å². The van der Waals surface area contributed by atoms with Crippen molar-refractivity contribution in [2.24, 2.45) is 11.8 Å². The Kier molecular flexibility index (Phi) is 4.66. The first-order chi connectivity index (χ1) is 11.1. The van der Waals surface area contributed by atoms with E-state index in [1.54, 1.807) is 4.90 Å². The summed E-state index contributed by atoms with van der Waals surface area (Å²) in [4.78, 5) is 38.7. The van der Waals surface area contributed by atoms with E-state index in [0.717, 1.165) is 4.88 Å². The van der Waals surface area contributed by atoms with E-state index < -0.39 is 12.0 Å². The molecule has 124 valence electrons. The van der Waals surface area contributed by atoms with Gasteiger partial charge in [-0.2, -0.15) is 0 Å². The van der Waals surface area contributed by atoms with Crippen molar-refractivity contribution in [1.82, 2.24) is 10.2 Å². The molecule has 1 aromatic rings. The van der Waals surface area contributed by atoms with E-state index in [1.165, 1.54) is 11.3 Å². The number of hydrogen-bond donors (Lipinski definition) is 2. The quantitative estimate of drug-likeness (QED) is 0.878. The van der Waals surface area contributed by atoms with Crippen molar-refractivity contribution in [3.8, 4) is 0 Å². The van der Waals surface area contributed by atoms with E-state index in [-0.39, 0.29) is 23.7 Å². The molecule has 0 radical (unpaired) electrons. The number of aliphatic carboxylic acids is 1. The van der Waals surface area contributed by atoms with Crippen LogP contribution in [0.2, 0.25) is 0 Å². The zero-order valence-corrected chi connectivity index (χ0v) is 13.6. The Bertz CT molecular complexity index is 593. The third-order valence-electron chi connectivity index (χ3n) is 4.73. The number of thiophene rings is 1. The molecular weight excluding hydrogens is 316 g/mol. The van der Waals surface area contributed by atoms with Crippen molar-refractivity contribution < 1.29 is 19.5 Å². The fourth-order valence-electron chi connectivity index (χ4n) is 3.46. The van der Waals surface area contributed by atoms with Gasteiger partial charge in [0.2, 0.25) is 11.8 Å². The molecule has 1 unspecified atom stereocenters. The highest BCUT2D eigenvalue weighted by atomic mass is 32.1. The maximum atomic E-state index is 12.9. The third kappa shape index (κ3) is 3.24. The van der Waals surface area contributed by atoms with E-state index in [0.29, 0.717) is 38.8 Å². The summed E-state index contributed by atoms with van der Waals surface area (Å²) in [6.45, 7) is 0.975. The second-order valence-corrected chi connectivity index (χ2v) is 7.11. The predicted molar refractivity (Wildman–Crippen MR) is 84.9 cm³/mol. The topological polar surface area (TPSA) is 86.7 Å². The Hall–Kier alpha value is -1.89. The maximum Gasteiger partial charge on any atom is 0.306 e. The van der Waals surface area contributed by atoms with Crippen molar-refractivity contribution in [2.45, 2.75) is 31.7 Å². The van der Waals surface area contributed by atoms with Crippen LogP contribution in [0.1, 0.15) is 36.6 Å². The molecule has 1 saturated carbocycles. The molecule has 1 aliphatic carbocycles. The maximum absolute atomic E-state index is 12.9. The molecular formula is C16H20N2O4S. The summed E-state index contributed by atoms with van der Waals surface area (Å²) in [5.41, 5.74) is 0. The number of piperazine rings is 1. The smallest absolute Gasteiger partial charge is 0.306 e. The average Bonchev–Trinajstić information content (AvgIpc) is 3.08. The van der Waals surface area contributed by atoms with Crippen LogP contribution in [0.3, 0.4) is 0 Å². The van der Waals surface area contributed by atoms with E-state index in [2.05, 4.69) is 5.32 Å². The number of nitrogens with one attached hydrogen (secondary N) is 1. The molecule has 0 spiro atoms. The average molecular weight is 336 g/mol. The molecule has 0 bridgehead atoms. The Balaban J connectivity index is 1.72. The minimum Gasteiger partial charge on any atom is -0.481 e. The summed E-state index contributed by atoms with van der Waals surface area (Å²) in [6, 6.07) is 3.21. The van der Waals surface area contributed by atoms with Gasteiger partial charge in [0, 0.05) is 23.9 Å². The van der Waals surface area contributed by atoms with E-state index in [1.807, 2.05) is 17.5 Å². The Morgan fingerprint density at radius 1 is 1.22 bits per heavy atom. The lowest BCUT2D eigenvalue weighted by Crippen LogP contribution is -2.53. The summed E-state index contributed by atoms with van der Waals surface area (Å²) < 4.78 is 0. The molecule has 3 rings (SSSR count). The molecule has 1 aliphatic heterocycles. The van der Waals surface area contributed by atoms with Gasteiger partial charge in [0.1, 0.15) is 6.04 Å². The second-order valence-electron chi connectivity index (χ2n) is 6.13. The SMILES string of the molecule is O=C(O)C1CCC(C(=O)N2CCNC(=O)C2c2cccs2)CC1. The summed E-state index contributed by atoms with van der Waals surface area (Å²) in [7, 11) is 0. The van der Waals surface area contributed by atoms with Gasteiger partial charge >= 0.3 is 5.97 Å². The molecule has 2 fully saturated rings. The van der Waals surface area contributed by atoms with Gasteiger partial charge in [-0.25, -0.2) is 0 Å². The van der Waals surface area contributed by atoms with Gasteiger partial charge in [-0.15, -0.1) is 11.3 Å². The predicted octanol–water partition coefficient (Wildman–Crippen LogP) is 1.64. The van der Waals surface area contributed by atoms with Crippen molar-refractivity contribution in [2.75, 3.05) is 13.1 Å². The molecule has 2 N–H and O–H groups in total. The van der Waals surface area contributed by atoms with Crippen molar-refractivity contribution in [3.05, 3.63) is 22.4 Å². The van der Waals surface area contributed by atoms with E-state index in [4.69, 9.17) is 5.11 Å². The highest BCUT2D eigenvalue weighted by molar-refractivity contribution is 7.10. The molecule has 1 aromatic heterocycles. The molecule has 2 amide bonds. The molecule has 23 heavy (non-hydrogen) atoms. The molecule has 2 heterocycles. The van der Waals surface area contributed by atoms with E-state index in [9.17, 15) is 14.4 Å². The van der Waals surface area contributed by atoms with Crippen molar-refractivity contribution in [3.63, 3.8) is 0 Å². The zero-order valence-electron chi connectivity index (χ0n) is 12.7. The Morgan fingerprint density at radius 3 is 2.52 bits per heavy atom. The van der Waals surface area contributed by atoms with Crippen LogP contribution in [0.25, 0.3) is 0 Å². The number of carbonyl (C=O) groups excluding carboxylic acids is 2. The largest absolute Gasteiger partial charge is 0.481 e. The van der Waals surface area contributed by atoms with Crippen molar-refractivity contribution in [1.29, 1.82) is 0 Å². The third-order valence-corrected chi connectivity index (χ3v) is 5.66. The van der Waals surface area contributed by atoms with Crippen LogP contribution in [-0.4, -0.2) is 40.9 Å². The second kappa shape index (κ2) is 6.70. The summed E-state index contributed by atoms with van der Waals surface area (Å²) >= 11 is 1.47. The zero-order chi connectivity index (χ0) is 16.4. The Morgan fingerprint density at radius 2 is 1.91 bits per heavy atom. The lowest BCUT2D eigenvalue weighted by molar-refractivity contribution is -0.149. The molecule has 2 aliphatic rings. The monoisotopic (exact) mass is 336 g/mol. The highest BCUT2D eigenvalue weighted by Crippen LogP contribution is 2.34. The van der Waals surface area contributed by atoms with Crippen LogP contribution in [-0.2, 0) is 14.4 Å². The molecule has 1 saturated heterocycles. The summed E-state index contributed by atoms with van der Waals surface area (Å²) in [5, 5.41) is 13.8. The lowest BCUT2D eigenvalue weighted by Gasteiger charge is -2.38. The first kappa shape index (κ1) is 16.0. The van der Waals surface area contributed by atoms with Crippen LogP contribution in [0, 0.1) is 11.8 Å². The fourth-order valence-corrected chi connectivity index (χ4v) is 4.29. The van der Waals surface area contributed by atoms with Crippen LogP contribution in [0.5, 0.6) is 0 Å². The van der Waals surface area contributed by atoms with Gasteiger partial charge in [-0.05, 0) is 37.1 Å². The minimum absolute atomic E-state index is 0.0120. The van der Waals surface area contributed by atoms with Crippen LogP contribution >= 0.6 is 11.3 Å². The van der Waals surface area contributed by atoms with Gasteiger partial charge in [0.25, 0.3) is 0 Å². The first-order valence-corrected chi connectivity index (χ1v) is 8.80. The van der Waals surface area contributed by atoms with Gasteiger partial charge in [-0.1, -0.05) is 6.07 Å². The number of carbonyl (C=O) groups is 3. The van der Waals surface area contributed by atoms with Gasteiger partial charge in [-0.3, -0.25) is 14.4 Å². The number of rotatable bonds is 3. The van der Waals surface area contributed by atoms with Crippen LogP contribution < -0.4 is 5.32 Å². The molecule has 7 heteroatoms. The number of hydrogen-bond acceptors (Lipinski definition) is 4. The van der Waals surface area contributed by atoms with E-state index >= 15 is 0 Å². The van der Waals surface area contributed by atoms with Gasteiger partial charge < -0.3 is 15.3 Å². The fraction of sp³-hybridized carbons (Fsp3) is 0.562. The Labute approximate surface area is 138 Å². The number of carboxylic acid groups (broad SMARTS) is 1. The normalized spacial score (nSPS) is 28.3. The molecule has 0 aromatic carbocycles. The minimum atomic E-state index is -0.773. The molecule has 6 nitrogen and oxygen atoms in total. The number of nitrogens with zero attached hydrogens (tertiary/aromatic N) is 1. The van der Waals surface area contributed by atoms with Gasteiger partial charge in [0.15, 0.2) is 0 Å². The summed E-state index contributed by atoms with van der Waals surface area (Å²) in [6.07, 6.45) is 2.25. The first-order valence-electron chi connectivity index (χ1n) is 7.92. The summed E-state index contributed by atoms with van der Waals surface area (Å²) in [5.74, 6) is -1.42. The van der Waals surface area contributed by atoms with Crippen LogP contribution in [0.15, 0.2) is 17.5 Å².